The fraction of sp³-hybridized carbons (Fsp3) is 0.214. The number of nitrogens with zero attached hydrogens (tertiary/aromatic N) is 1. The van der Waals surface area contributed by atoms with E-state index in [1.165, 1.54) is 0 Å². The van der Waals surface area contributed by atoms with Crippen LogP contribution in [0.3, 0.4) is 0 Å². The van der Waals surface area contributed by atoms with Gasteiger partial charge >= 0.3 is 0 Å². The summed E-state index contributed by atoms with van der Waals surface area (Å²) in [7, 11) is 0. The Labute approximate surface area is 121 Å². The molecule has 2 amide bonds. The number of rotatable bonds is 5. The van der Waals surface area contributed by atoms with Crippen LogP contribution in [0.4, 0.5) is 5.69 Å². The molecule has 21 heavy (non-hydrogen) atoms. The van der Waals surface area contributed by atoms with Crippen LogP contribution in [0, 0.1) is 13.8 Å². The maximum absolute atomic E-state index is 11.9. The molecule has 0 saturated heterocycles. The second kappa shape index (κ2) is 6.08. The van der Waals surface area contributed by atoms with Crippen molar-refractivity contribution in [1.82, 2.24) is 10.2 Å². The number of ether oxygens (including phenoxy) is 1. The van der Waals surface area contributed by atoms with E-state index in [-0.39, 0.29) is 23.8 Å². The number of nitrogens with one attached hydrogen (secondary N) is 2. The second-order valence-corrected chi connectivity index (χ2v) is 4.51. The number of aryl methyl sites for hydroxylation is 2. The first-order valence-corrected chi connectivity index (χ1v) is 6.32. The lowest BCUT2D eigenvalue weighted by molar-refractivity contribution is -0.118. The number of para-hydroxylation sites is 1. The smallest absolute Gasteiger partial charge is 0.262 e. The lowest BCUT2D eigenvalue weighted by atomic mass is 10.2. The fourth-order valence-electron chi connectivity index (χ4n) is 1.85. The summed E-state index contributed by atoms with van der Waals surface area (Å²) in [6, 6.07) is 6.50. The Hall–Kier alpha value is -2.83. The second-order valence-electron chi connectivity index (χ2n) is 4.51. The number of H-pyrrole nitrogens is 1. The molecule has 4 N–H and O–H groups in total. The SMILES string of the molecule is Cc1n[nH]c(C)c1NC(=O)COc1ccccc1C(N)=O. The Kier molecular flexibility index (Phi) is 4.22. The summed E-state index contributed by atoms with van der Waals surface area (Å²) >= 11 is 0. The highest BCUT2D eigenvalue weighted by Crippen LogP contribution is 2.18. The van der Waals surface area contributed by atoms with Gasteiger partial charge in [-0.3, -0.25) is 14.7 Å². The lowest BCUT2D eigenvalue weighted by Gasteiger charge is -2.09. The van der Waals surface area contributed by atoms with Crippen LogP contribution in [0.1, 0.15) is 21.7 Å². The summed E-state index contributed by atoms with van der Waals surface area (Å²) < 4.78 is 5.35. The van der Waals surface area contributed by atoms with Gasteiger partial charge in [-0.15, -0.1) is 0 Å². The van der Waals surface area contributed by atoms with Gasteiger partial charge in [-0.1, -0.05) is 12.1 Å². The normalized spacial score (nSPS) is 10.2. The van der Waals surface area contributed by atoms with Crippen molar-refractivity contribution in [3.8, 4) is 5.75 Å². The third-order valence-corrected chi connectivity index (χ3v) is 2.90. The van der Waals surface area contributed by atoms with E-state index >= 15 is 0 Å². The zero-order valence-electron chi connectivity index (χ0n) is 11.8. The first-order valence-electron chi connectivity index (χ1n) is 6.32. The first-order chi connectivity index (χ1) is 9.99. The van der Waals surface area contributed by atoms with Crippen LogP contribution >= 0.6 is 0 Å². The van der Waals surface area contributed by atoms with Crippen molar-refractivity contribution in [2.24, 2.45) is 5.73 Å². The maximum atomic E-state index is 11.9. The number of hydrogen-bond donors (Lipinski definition) is 3. The van der Waals surface area contributed by atoms with Gasteiger partial charge in [0.25, 0.3) is 11.8 Å². The molecule has 1 aromatic carbocycles. The molecule has 0 radical (unpaired) electrons. The lowest BCUT2D eigenvalue weighted by Crippen LogP contribution is -2.22. The van der Waals surface area contributed by atoms with Crippen molar-refractivity contribution in [2.75, 3.05) is 11.9 Å². The monoisotopic (exact) mass is 288 g/mol. The zero-order valence-corrected chi connectivity index (χ0v) is 11.8. The molecule has 2 aromatic rings. The van der Waals surface area contributed by atoms with Crippen molar-refractivity contribution in [3.63, 3.8) is 0 Å². The zero-order chi connectivity index (χ0) is 15.4. The van der Waals surface area contributed by atoms with Gasteiger partial charge in [-0.2, -0.15) is 5.10 Å². The van der Waals surface area contributed by atoms with Crippen LogP contribution in [-0.4, -0.2) is 28.6 Å². The third-order valence-electron chi connectivity index (χ3n) is 2.90. The molecule has 0 atom stereocenters. The van der Waals surface area contributed by atoms with Crippen molar-refractivity contribution < 1.29 is 14.3 Å². The molecule has 1 heterocycles. The summed E-state index contributed by atoms with van der Waals surface area (Å²) in [6.45, 7) is 3.36. The summed E-state index contributed by atoms with van der Waals surface area (Å²) in [6.07, 6.45) is 0. The average molecular weight is 288 g/mol. The van der Waals surface area contributed by atoms with E-state index < -0.39 is 5.91 Å². The number of aromatic amines is 1. The number of nitrogens with two attached hydrogens (primary N) is 1. The molecule has 110 valence electrons. The summed E-state index contributed by atoms with van der Waals surface area (Å²) in [5, 5.41) is 9.46. The first kappa shape index (κ1) is 14.6. The van der Waals surface area contributed by atoms with E-state index in [4.69, 9.17) is 10.5 Å². The van der Waals surface area contributed by atoms with Crippen LogP contribution in [0.15, 0.2) is 24.3 Å². The van der Waals surface area contributed by atoms with Gasteiger partial charge in [0, 0.05) is 0 Å². The Balaban J connectivity index is 2.01. The predicted octanol–water partition coefficient (Wildman–Crippen LogP) is 1.14. The highest BCUT2D eigenvalue weighted by Gasteiger charge is 2.13. The predicted molar refractivity (Wildman–Crippen MR) is 77.1 cm³/mol. The van der Waals surface area contributed by atoms with Crippen molar-refractivity contribution in [1.29, 1.82) is 0 Å². The molecule has 1 aromatic heterocycles. The van der Waals surface area contributed by atoms with Gasteiger partial charge in [0.1, 0.15) is 5.75 Å². The summed E-state index contributed by atoms with van der Waals surface area (Å²) in [5.41, 5.74) is 7.56. The highest BCUT2D eigenvalue weighted by atomic mass is 16.5. The van der Waals surface area contributed by atoms with Gasteiger partial charge in [0.05, 0.1) is 22.6 Å². The van der Waals surface area contributed by atoms with Crippen molar-refractivity contribution >= 4 is 17.5 Å². The molecule has 7 heteroatoms. The largest absolute Gasteiger partial charge is 0.483 e. The Bertz CT molecular complexity index is 659. The van der Waals surface area contributed by atoms with Gasteiger partial charge in [-0.05, 0) is 26.0 Å². The number of anilines is 1. The number of carbonyl (C=O) groups excluding carboxylic acids is 2. The molecule has 0 aliphatic heterocycles. The fourth-order valence-corrected chi connectivity index (χ4v) is 1.85. The van der Waals surface area contributed by atoms with E-state index in [0.717, 1.165) is 5.69 Å². The number of amides is 2. The van der Waals surface area contributed by atoms with Crippen LogP contribution in [0.2, 0.25) is 0 Å². The molecule has 0 aliphatic carbocycles. The minimum absolute atomic E-state index is 0.228. The van der Waals surface area contributed by atoms with Crippen LogP contribution in [0.5, 0.6) is 5.75 Å². The third kappa shape index (κ3) is 3.38. The topological polar surface area (TPSA) is 110 Å². The van der Waals surface area contributed by atoms with Crippen LogP contribution < -0.4 is 15.8 Å². The summed E-state index contributed by atoms with van der Waals surface area (Å²) in [5.74, 6) is -0.671. The van der Waals surface area contributed by atoms with E-state index in [1.807, 2.05) is 0 Å². The molecule has 0 aliphatic rings. The molecule has 7 nitrogen and oxygen atoms in total. The molecule has 0 fully saturated rings. The molecule has 0 unspecified atom stereocenters. The van der Waals surface area contributed by atoms with E-state index in [2.05, 4.69) is 15.5 Å². The number of benzene rings is 1. The quantitative estimate of drug-likeness (QED) is 0.766. The van der Waals surface area contributed by atoms with Crippen LogP contribution in [0.25, 0.3) is 0 Å². The Morgan fingerprint density at radius 3 is 2.67 bits per heavy atom. The summed E-state index contributed by atoms with van der Waals surface area (Å²) in [4.78, 5) is 23.1. The molecular formula is C14H16N4O3. The number of aromatic nitrogens is 2. The highest BCUT2D eigenvalue weighted by molar-refractivity contribution is 5.96. The van der Waals surface area contributed by atoms with E-state index in [1.54, 1.807) is 38.1 Å². The average Bonchev–Trinajstić information content (AvgIpc) is 2.77. The molecule has 0 bridgehead atoms. The molecule has 2 rings (SSSR count). The number of carbonyl (C=O) groups is 2. The van der Waals surface area contributed by atoms with Crippen LogP contribution in [-0.2, 0) is 4.79 Å². The molecule has 0 spiro atoms. The molecular weight excluding hydrogens is 272 g/mol. The van der Waals surface area contributed by atoms with Gasteiger partial charge in [-0.25, -0.2) is 0 Å². The van der Waals surface area contributed by atoms with E-state index in [0.29, 0.717) is 11.4 Å². The number of hydrogen-bond acceptors (Lipinski definition) is 4. The van der Waals surface area contributed by atoms with E-state index in [9.17, 15) is 9.59 Å². The minimum Gasteiger partial charge on any atom is -0.483 e. The molecule has 0 saturated carbocycles. The number of primary amides is 1. The minimum atomic E-state index is -0.604. The van der Waals surface area contributed by atoms with Gasteiger partial charge in [0.2, 0.25) is 0 Å². The van der Waals surface area contributed by atoms with Crippen molar-refractivity contribution in [3.05, 3.63) is 41.2 Å². The Morgan fingerprint density at radius 1 is 1.33 bits per heavy atom. The maximum Gasteiger partial charge on any atom is 0.262 e. The standard InChI is InChI=1S/C14H16N4O3/c1-8-13(9(2)18-17-8)16-12(19)7-21-11-6-4-3-5-10(11)14(15)20/h3-6H,7H2,1-2H3,(H2,15,20)(H,16,19)(H,17,18). The Morgan fingerprint density at radius 2 is 2.05 bits per heavy atom. The van der Waals surface area contributed by atoms with Gasteiger partial charge < -0.3 is 15.8 Å². The van der Waals surface area contributed by atoms with Crippen molar-refractivity contribution in [2.45, 2.75) is 13.8 Å². The van der Waals surface area contributed by atoms with Gasteiger partial charge in [0.15, 0.2) is 6.61 Å².